The van der Waals surface area contributed by atoms with Gasteiger partial charge in [-0.2, -0.15) is 0 Å². The normalized spacial score (nSPS) is 26.3. The Morgan fingerprint density at radius 1 is 1.08 bits per heavy atom. The van der Waals surface area contributed by atoms with Gasteiger partial charge in [0.25, 0.3) is 5.91 Å². The molecule has 1 heterocycles. The molecule has 38 heavy (non-hydrogen) atoms. The van der Waals surface area contributed by atoms with E-state index in [0.29, 0.717) is 16.2 Å². The van der Waals surface area contributed by atoms with Gasteiger partial charge in [-0.15, -0.1) is 11.8 Å². The van der Waals surface area contributed by atoms with Crippen LogP contribution in [0.25, 0.3) is 5.76 Å². The predicted molar refractivity (Wildman–Crippen MR) is 144 cm³/mol. The molecule has 2 aromatic carbocycles. The van der Waals surface area contributed by atoms with Gasteiger partial charge in [-0.3, -0.25) is 14.4 Å². The Morgan fingerprint density at radius 2 is 1.76 bits per heavy atom. The van der Waals surface area contributed by atoms with E-state index in [1.54, 1.807) is 37.3 Å². The zero-order valence-corrected chi connectivity index (χ0v) is 21.9. The number of nitrogens with one attached hydrogen (secondary N) is 1. The van der Waals surface area contributed by atoms with Gasteiger partial charge in [0.15, 0.2) is 11.6 Å². The molecule has 2 aliphatic carbocycles. The number of Topliss-reactive ketones (excluding diaryl/α,β-unsaturated/α-hetero) is 2. The minimum absolute atomic E-state index is 0.0195. The molecule has 0 radical (unpaired) electrons. The van der Waals surface area contributed by atoms with Gasteiger partial charge < -0.3 is 31.1 Å². The van der Waals surface area contributed by atoms with Crippen molar-refractivity contribution in [3.05, 3.63) is 70.5 Å². The molecule has 196 valence electrons. The summed E-state index contributed by atoms with van der Waals surface area (Å²) < 4.78 is 5.43. The van der Waals surface area contributed by atoms with E-state index in [4.69, 9.17) is 22.7 Å². The van der Waals surface area contributed by atoms with Crippen LogP contribution in [0.5, 0.6) is 11.5 Å². The minimum atomic E-state index is -1.34. The monoisotopic (exact) mass is 552 g/mol. The fourth-order valence-corrected chi connectivity index (χ4v) is 7.47. The fourth-order valence-electron chi connectivity index (χ4n) is 5.63. The van der Waals surface area contributed by atoms with Gasteiger partial charge in [0, 0.05) is 16.7 Å². The molecule has 0 saturated heterocycles. The molecule has 3 aliphatic rings. The number of allylic oxidation sites excluding steroid dienone is 1. The van der Waals surface area contributed by atoms with Crippen molar-refractivity contribution in [1.82, 2.24) is 5.32 Å². The van der Waals surface area contributed by atoms with Crippen molar-refractivity contribution in [2.75, 3.05) is 7.11 Å². The summed E-state index contributed by atoms with van der Waals surface area (Å²) in [7, 11) is 1.45. The van der Waals surface area contributed by atoms with Crippen molar-refractivity contribution in [2.24, 2.45) is 23.5 Å². The second-order valence-corrected chi connectivity index (χ2v) is 10.9. The van der Waals surface area contributed by atoms with Gasteiger partial charge in [0.1, 0.15) is 33.6 Å². The lowest BCUT2D eigenvalue weighted by molar-refractivity contribution is -0.129. The van der Waals surface area contributed by atoms with E-state index >= 15 is 0 Å². The topological polar surface area (TPSA) is 159 Å². The number of phenolic OH excluding ortho intramolecular Hbond substituents is 1. The molecule has 1 aliphatic heterocycles. The lowest BCUT2D eigenvalue weighted by Gasteiger charge is -2.48. The van der Waals surface area contributed by atoms with Crippen LogP contribution in [0.2, 0.25) is 0 Å². The highest BCUT2D eigenvalue weighted by Gasteiger charge is 2.58. The summed E-state index contributed by atoms with van der Waals surface area (Å²) in [6.07, 6.45) is 0. The lowest BCUT2D eigenvalue weighted by atomic mass is 9.61. The van der Waals surface area contributed by atoms with Crippen LogP contribution in [0, 0.1) is 17.8 Å². The molecule has 0 spiro atoms. The number of phenols is 1. The molecule has 1 amide bonds. The van der Waals surface area contributed by atoms with Crippen molar-refractivity contribution in [3.63, 3.8) is 0 Å². The molecule has 2 aromatic rings. The van der Waals surface area contributed by atoms with E-state index in [1.807, 2.05) is 6.07 Å². The molecule has 0 bridgehead atoms. The van der Waals surface area contributed by atoms with Crippen LogP contribution in [-0.2, 0) is 14.4 Å². The summed E-state index contributed by atoms with van der Waals surface area (Å²) in [5.41, 5.74) is 5.44. The molecule has 1 saturated carbocycles. The first-order chi connectivity index (χ1) is 18.1. The number of carbonyl (C=O) groups excluding carboxylic acids is 3. The number of methoxy groups -OCH3 is 1. The van der Waals surface area contributed by atoms with Gasteiger partial charge in [0.2, 0.25) is 0 Å². The molecule has 11 heteroatoms. The summed E-state index contributed by atoms with van der Waals surface area (Å²) >= 11 is 6.76. The number of aliphatic hydroxyl groups is 2. The molecule has 5 atom stereocenters. The Bertz CT molecular complexity index is 1470. The van der Waals surface area contributed by atoms with E-state index < -0.39 is 63.6 Å². The molecule has 1 fully saturated rings. The second-order valence-electron chi connectivity index (χ2n) is 9.38. The Hall–Kier alpha value is -3.83. The second kappa shape index (κ2) is 9.48. The number of amides is 1. The summed E-state index contributed by atoms with van der Waals surface area (Å²) in [5.74, 6) is -6.30. The number of fused-ring (bicyclic) bond motifs is 3. The Balaban J connectivity index is 1.67. The summed E-state index contributed by atoms with van der Waals surface area (Å²) in [6.45, 7) is 1.80. The first kappa shape index (κ1) is 25.8. The van der Waals surface area contributed by atoms with Gasteiger partial charge >= 0.3 is 0 Å². The zero-order valence-electron chi connectivity index (χ0n) is 20.3. The number of thioether (sulfide) groups is 1. The smallest absolute Gasteiger partial charge is 0.255 e. The third-order valence-electron chi connectivity index (χ3n) is 7.39. The van der Waals surface area contributed by atoms with Crippen molar-refractivity contribution in [1.29, 1.82) is 0 Å². The molecule has 0 aromatic heterocycles. The number of nitrogens with two attached hydrogens (primary N) is 1. The summed E-state index contributed by atoms with van der Waals surface area (Å²) in [5, 5.41) is 35.2. The number of thiocarbonyl (C=S) groups is 1. The maximum Gasteiger partial charge on any atom is 0.255 e. The number of benzene rings is 2. The number of rotatable bonds is 4. The Morgan fingerprint density at radius 3 is 2.39 bits per heavy atom. The van der Waals surface area contributed by atoms with Crippen molar-refractivity contribution < 1.29 is 34.4 Å². The van der Waals surface area contributed by atoms with E-state index in [0.717, 1.165) is 0 Å². The third-order valence-corrected chi connectivity index (χ3v) is 9.31. The predicted octanol–water partition coefficient (Wildman–Crippen LogP) is 2.81. The fraction of sp³-hybridized carbons (Fsp3) is 0.259. The number of aliphatic hydroxyl groups excluding tert-OH is 2. The first-order valence-corrected chi connectivity index (χ1v) is 13.0. The first-order valence-electron chi connectivity index (χ1n) is 11.8. The van der Waals surface area contributed by atoms with Crippen LogP contribution in [0.4, 0.5) is 0 Å². The summed E-state index contributed by atoms with van der Waals surface area (Å²) in [4.78, 5) is 40.4. The number of primary amides is 1. The van der Waals surface area contributed by atoms with Crippen LogP contribution in [-0.4, -0.2) is 56.2 Å². The number of ether oxygens (including phenoxy) is 1. The van der Waals surface area contributed by atoms with Crippen LogP contribution in [0.15, 0.2) is 64.3 Å². The van der Waals surface area contributed by atoms with Crippen LogP contribution in [0.3, 0.4) is 0 Å². The highest BCUT2D eigenvalue weighted by molar-refractivity contribution is 8.00. The lowest BCUT2D eigenvalue weighted by Crippen LogP contribution is -2.60. The zero-order chi connectivity index (χ0) is 27.5. The van der Waals surface area contributed by atoms with Crippen LogP contribution < -0.4 is 15.8 Å². The van der Waals surface area contributed by atoms with E-state index in [-0.39, 0.29) is 21.9 Å². The maximum atomic E-state index is 13.9. The molecule has 5 rings (SSSR count). The van der Waals surface area contributed by atoms with Crippen molar-refractivity contribution in [2.45, 2.75) is 23.1 Å². The highest BCUT2D eigenvalue weighted by Crippen LogP contribution is 2.57. The van der Waals surface area contributed by atoms with E-state index in [1.165, 1.54) is 24.9 Å². The van der Waals surface area contributed by atoms with E-state index in [2.05, 4.69) is 5.32 Å². The minimum Gasteiger partial charge on any atom is -0.511 e. The average molecular weight is 553 g/mol. The Labute approximate surface area is 227 Å². The van der Waals surface area contributed by atoms with Crippen molar-refractivity contribution >= 4 is 52.2 Å². The van der Waals surface area contributed by atoms with Crippen LogP contribution in [0.1, 0.15) is 18.1 Å². The van der Waals surface area contributed by atoms with Gasteiger partial charge in [-0.05, 0) is 18.1 Å². The van der Waals surface area contributed by atoms with Crippen molar-refractivity contribution in [3.8, 4) is 11.5 Å². The molecule has 9 nitrogen and oxygen atoms in total. The standard InChI is InChI=1S/C27H24N2O7S2/c1-10-14-16(21(32)17-20(31)15-12(30)8-9-13(36-2)25(15)38-24(10)17)22(33)18(26(28)35)23(34)19(14)29-27(37)11-6-4-3-5-7-11/h3-10,14,16,19,24,30-31,33H,1-2H3,(H2,28,35)(H,29,37). The number of hydrogen-bond acceptors (Lipinski definition) is 9. The number of carbonyl (C=O) groups is 3. The third kappa shape index (κ3) is 3.76. The molecule has 6 N–H and O–H groups in total. The molecular weight excluding hydrogens is 528 g/mol. The largest absolute Gasteiger partial charge is 0.511 e. The quantitative estimate of drug-likeness (QED) is 0.282. The number of hydrogen-bond donors (Lipinski definition) is 5. The van der Waals surface area contributed by atoms with Gasteiger partial charge in [-0.25, -0.2) is 0 Å². The van der Waals surface area contributed by atoms with E-state index in [9.17, 15) is 29.7 Å². The average Bonchev–Trinajstić information content (AvgIpc) is 2.89. The Kier molecular flexibility index (Phi) is 6.44. The van der Waals surface area contributed by atoms with Gasteiger partial charge in [-0.1, -0.05) is 49.5 Å². The molecular formula is C27H24N2O7S2. The maximum absolute atomic E-state index is 13.9. The molecule has 5 unspecified atom stereocenters. The van der Waals surface area contributed by atoms with Gasteiger partial charge in [0.05, 0.1) is 35.1 Å². The number of ketones is 2. The highest BCUT2D eigenvalue weighted by atomic mass is 32.2. The summed E-state index contributed by atoms with van der Waals surface area (Å²) in [6, 6.07) is 10.6. The SMILES string of the molecule is COc1ccc(O)c2c1SC1C(=C2O)C(=O)C2C(O)=C(C(N)=O)C(=O)C(NC(=S)c3ccccc3)C2C1C. The number of aromatic hydroxyl groups is 1. The van der Waals surface area contributed by atoms with Crippen LogP contribution >= 0.6 is 24.0 Å².